The van der Waals surface area contributed by atoms with Crippen LogP contribution in [0.1, 0.15) is 25.0 Å². The molecule has 0 aliphatic carbocycles. The van der Waals surface area contributed by atoms with Crippen LogP contribution in [0.4, 0.5) is 0 Å². The summed E-state index contributed by atoms with van der Waals surface area (Å²) >= 11 is 0. The van der Waals surface area contributed by atoms with Gasteiger partial charge >= 0.3 is 0 Å². The fraction of sp³-hybridized carbons (Fsp3) is 0.556. The van der Waals surface area contributed by atoms with Gasteiger partial charge in [-0.2, -0.15) is 0 Å². The van der Waals surface area contributed by atoms with Gasteiger partial charge in [0.15, 0.2) is 0 Å². The number of aromatic nitrogens is 1. The van der Waals surface area contributed by atoms with Crippen LogP contribution < -0.4 is 0 Å². The van der Waals surface area contributed by atoms with E-state index in [-0.39, 0.29) is 12.7 Å². The number of nitrogens with zero attached hydrogens (tertiary/aromatic N) is 1. The third-order valence-corrected chi connectivity index (χ3v) is 1.90. The highest BCUT2D eigenvalue weighted by Gasteiger charge is 2.05. The summed E-state index contributed by atoms with van der Waals surface area (Å²) < 4.78 is 1.87. The van der Waals surface area contributed by atoms with Crippen LogP contribution in [0.2, 0.25) is 0 Å². The van der Waals surface area contributed by atoms with Crippen molar-refractivity contribution < 1.29 is 10.2 Å². The molecular weight excluding hydrogens is 154 g/mol. The molecule has 0 amide bonds. The van der Waals surface area contributed by atoms with Gasteiger partial charge in [0, 0.05) is 18.9 Å². The standard InChI is InChI=1S/C9H15NO2/c1-2-9(12)8-3-4-10(7-8)5-6-11/h3-4,7,9,11-12H,2,5-6H2,1H3. The van der Waals surface area contributed by atoms with Crippen LogP contribution in [0.25, 0.3) is 0 Å². The minimum Gasteiger partial charge on any atom is -0.395 e. The highest BCUT2D eigenvalue weighted by atomic mass is 16.3. The molecule has 0 aliphatic heterocycles. The topological polar surface area (TPSA) is 45.4 Å². The van der Waals surface area contributed by atoms with Crippen LogP contribution >= 0.6 is 0 Å². The van der Waals surface area contributed by atoms with E-state index in [1.54, 1.807) is 0 Å². The molecule has 1 unspecified atom stereocenters. The van der Waals surface area contributed by atoms with E-state index in [1.807, 2.05) is 30.0 Å². The molecule has 3 heteroatoms. The van der Waals surface area contributed by atoms with Crippen LogP contribution in [-0.2, 0) is 6.54 Å². The van der Waals surface area contributed by atoms with Crippen molar-refractivity contribution in [2.24, 2.45) is 0 Å². The molecule has 3 nitrogen and oxygen atoms in total. The first-order chi connectivity index (χ1) is 5.77. The molecule has 0 saturated heterocycles. The number of rotatable bonds is 4. The SMILES string of the molecule is CCC(O)c1ccn(CCO)c1. The lowest BCUT2D eigenvalue weighted by molar-refractivity contribution is 0.173. The smallest absolute Gasteiger partial charge is 0.0802 e. The van der Waals surface area contributed by atoms with Crippen LogP contribution in [-0.4, -0.2) is 21.4 Å². The van der Waals surface area contributed by atoms with E-state index in [0.29, 0.717) is 6.54 Å². The third kappa shape index (κ3) is 2.09. The Morgan fingerprint density at radius 3 is 2.92 bits per heavy atom. The highest BCUT2D eigenvalue weighted by molar-refractivity contribution is 5.13. The number of aliphatic hydroxyl groups excluding tert-OH is 2. The molecule has 2 N–H and O–H groups in total. The van der Waals surface area contributed by atoms with Gasteiger partial charge in [0.2, 0.25) is 0 Å². The summed E-state index contributed by atoms with van der Waals surface area (Å²) in [5.41, 5.74) is 0.922. The average Bonchev–Trinajstić information content (AvgIpc) is 2.52. The van der Waals surface area contributed by atoms with E-state index >= 15 is 0 Å². The summed E-state index contributed by atoms with van der Waals surface area (Å²) in [6.45, 7) is 2.67. The van der Waals surface area contributed by atoms with Crippen molar-refractivity contribution in [1.82, 2.24) is 4.57 Å². The van der Waals surface area contributed by atoms with Crippen molar-refractivity contribution >= 4 is 0 Å². The highest BCUT2D eigenvalue weighted by Crippen LogP contribution is 2.15. The molecule has 0 bridgehead atoms. The summed E-state index contributed by atoms with van der Waals surface area (Å²) in [6.07, 6.45) is 4.09. The maximum absolute atomic E-state index is 9.43. The Morgan fingerprint density at radius 1 is 1.58 bits per heavy atom. The molecule has 0 aliphatic rings. The zero-order chi connectivity index (χ0) is 8.97. The van der Waals surface area contributed by atoms with Gasteiger partial charge in [-0.3, -0.25) is 0 Å². The van der Waals surface area contributed by atoms with Crippen molar-refractivity contribution in [2.75, 3.05) is 6.61 Å². The first kappa shape index (κ1) is 9.29. The van der Waals surface area contributed by atoms with Crippen molar-refractivity contribution in [3.63, 3.8) is 0 Å². The molecule has 0 aromatic carbocycles. The van der Waals surface area contributed by atoms with E-state index in [9.17, 15) is 5.11 Å². The zero-order valence-electron chi connectivity index (χ0n) is 7.27. The van der Waals surface area contributed by atoms with E-state index in [0.717, 1.165) is 12.0 Å². The van der Waals surface area contributed by atoms with Crippen molar-refractivity contribution in [1.29, 1.82) is 0 Å². The van der Waals surface area contributed by atoms with Gasteiger partial charge in [0.05, 0.1) is 12.7 Å². The monoisotopic (exact) mass is 169 g/mol. The third-order valence-electron chi connectivity index (χ3n) is 1.90. The zero-order valence-corrected chi connectivity index (χ0v) is 7.27. The molecule has 1 atom stereocenters. The quantitative estimate of drug-likeness (QED) is 0.704. The largest absolute Gasteiger partial charge is 0.395 e. The second-order valence-corrected chi connectivity index (χ2v) is 2.83. The number of hydrogen-bond donors (Lipinski definition) is 2. The van der Waals surface area contributed by atoms with E-state index in [1.165, 1.54) is 0 Å². The molecule has 0 radical (unpaired) electrons. The molecule has 68 valence electrons. The number of hydrogen-bond acceptors (Lipinski definition) is 2. The Morgan fingerprint density at radius 2 is 2.33 bits per heavy atom. The molecule has 0 spiro atoms. The molecule has 1 rings (SSSR count). The van der Waals surface area contributed by atoms with Gasteiger partial charge in [-0.05, 0) is 18.1 Å². The molecule has 0 fully saturated rings. The lowest BCUT2D eigenvalue weighted by Gasteiger charge is -2.03. The summed E-state index contributed by atoms with van der Waals surface area (Å²) in [5, 5.41) is 18.1. The summed E-state index contributed by atoms with van der Waals surface area (Å²) in [7, 11) is 0. The molecule has 1 heterocycles. The second kappa shape index (κ2) is 4.28. The van der Waals surface area contributed by atoms with Crippen LogP contribution in [0, 0.1) is 0 Å². The van der Waals surface area contributed by atoms with Crippen LogP contribution in [0.3, 0.4) is 0 Å². The predicted octanol–water partition coefficient (Wildman–Crippen LogP) is 0.924. The Bertz CT molecular complexity index is 232. The minimum absolute atomic E-state index is 0.135. The molecule has 12 heavy (non-hydrogen) atoms. The van der Waals surface area contributed by atoms with Crippen LogP contribution in [0.15, 0.2) is 18.5 Å². The Labute approximate surface area is 72.3 Å². The maximum atomic E-state index is 9.43. The van der Waals surface area contributed by atoms with Crippen LogP contribution in [0.5, 0.6) is 0 Å². The first-order valence-corrected chi connectivity index (χ1v) is 4.22. The summed E-state index contributed by atoms with van der Waals surface area (Å²) in [4.78, 5) is 0. The maximum Gasteiger partial charge on any atom is 0.0802 e. The van der Waals surface area contributed by atoms with Crippen molar-refractivity contribution in [3.05, 3.63) is 24.0 Å². The lowest BCUT2D eigenvalue weighted by atomic mass is 10.1. The van der Waals surface area contributed by atoms with Gasteiger partial charge in [-0.1, -0.05) is 6.92 Å². The molecule has 0 saturated carbocycles. The normalized spacial score (nSPS) is 13.2. The predicted molar refractivity (Wildman–Crippen MR) is 46.8 cm³/mol. The second-order valence-electron chi connectivity index (χ2n) is 2.83. The molecule has 1 aromatic heterocycles. The Balaban J connectivity index is 2.63. The van der Waals surface area contributed by atoms with Gasteiger partial charge in [-0.15, -0.1) is 0 Å². The Hall–Kier alpha value is -0.800. The average molecular weight is 169 g/mol. The minimum atomic E-state index is -0.370. The van der Waals surface area contributed by atoms with Crippen molar-refractivity contribution in [3.8, 4) is 0 Å². The van der Waals surface area contributed by atoms with Gasteiger partial charge in [0.1, 0.15) is 0 Å². The van der Waals surface area contributed by atoms with Gasteiger partial charge in [-0.25, -0.2) is 0 Å². The summed E-state index contributed by atoms with van der Waals surface area (Å²) in [6, 6.07) is 1.88. The van der Waals surface area contributed by atoms with Gasteiger partial charge in [0.25, 0.3) is 0 Å². The van der Waals surface area contributed by atoms with E-state index < -0.39 is 0 Å². The molecule has 1 aromatic rings. The summed E-state index contributed by atoms with van der Waals surface area (Å²) in [5.74, 6) is 0. The Kier molecular flexibility index (Phi) is 3.31. The van der Waals surface area contributed by atoms with Crippen molar-refractivity contribution in [2.45, 2.75) is 26.0 Å². The fourth-order valence-electron chi connectivity index (χ4n) is 1.15. The van der Waals surface area contributed by atoms with Gasteiger partial charge < -0.3 is 14.8 Å². The van der Waals surface area contributed by atoms with E-state index in [2.05, 4.69) is 0 Å². The lowest BCUT2D eigenvalue weighted by Crippen LogP contribution is -1.99. The molecular formula is C9H15NO2. The fourth-order valence-corrected chi connectivity index (χ4v) is 1.15. The number of aliphatic hydroxyl groups is 2. The first-order valence-electron chi connectivity index (χ1n) is 4.22. The van der Waals surface area contributed by atoms with E-state index in [4.69, 9.17) is 5.11 Å².